The first-order valence-electron chi connectivity index (χ1n) is 7.03. The number of ether oxygens (including phenoxy) is 1. The number of halogens is 2. The average molecular weight is 346 g/mol. The van der Waals surface area contributed by atoms with E-state index in [4.69, 9.17) is 4.74 Å². The normalized spacial score (nSPS) is 15.2. The lowest BCUT2D eigenvalue weighted by Gasteiger charge is -2.37. The van der Waals surface area contributed by atoms with Crippen molar-refractivity contribution in [1.82, 2.24) is 5.32 Å². The molecule has 1 N–H and O–H groups in total. The van der Waals surface area contributed by atoms with Crippen molar-refractivity contribution >= 4 is 15.9 Å². The molecular weight excluding hydrogens is 321 g/mol. The molecule has 0 aliphatic heterocycles. The first kappa shape index (κ1) is 17.6. The maximum Gasteiger partial charge on any atom is 0.137 e. The molecule has 1 aromatic carbocycles. The minimum Gasteiger partial charge on any atom is -0.376 e. The molecular formula is C16H25BrFNO. The van der Waals surface area contributed by atoms with E-state index in [1.807, 2.05) is 20.0 Å². The largest absolute Gasteiger partial charge is 0.376 e. The van der Waals surface area contributed by atoms with E-state index in [1.165, 1.54) is 6.07 Å². The van der Waals surface area contributed by atoms with Gasteiger partial charge in [0.2, 0.25) is 0 Å². The Hall–Kier alpha value is -0.450. The van der Waals surface area contributed by atoms with E-state index >= 15 is 0 Å². The average Bonchev–Trinajstić information content (AvgIpc) is 2.37. The van der Waals surface area contributed by atoms with Gasteiger partial charge in [0.25, 0.3) is 0 Å². The molecule has 2 unspecified atom stereocenters. The molecule has 2 nitrogen and oxygen atoms in total. The number of likely N-dealkylation sites (N-methyl/N-ethyl adjacent to an activating group) is 1. The molecule has 0 heterocycles. The molecule has 0 saturated heterocycles. The van der Waals surface area contributed by atoms with Crippen LogP contribution in [0.4, 0.5) is 4.39 Å². The minimum absolute atomic E-state index is 0.0173. The van der Waals surface area contributed by atoms with Gasteiger partial charge < -0.3 is 10.1 Å². The molecule has 0 fully saturated rings. The Kier molecular flexibility index (Phi) is 6.62. The van der Waals surface area contributed by atoms with Crippen molar-refractivity contribution < 1.29 is 9.13 Å². The highest BCUT2D eigenvalue weighted by Crippen LogP contribution is 2.29. The predicted molar refractivity (Wildman–Crippen MR) is 85.5 cm³/mol. The van der Waals surface area contributed by atoms with Crippen LogP contribution in [0.1, 0.15) is 33.3 Å². The molecule has 20 heavy (non-hydrogen) atoms. The van der Waals surface area contributed by atoms with Crippen LogP contribution >= 0.6 is 15.9 Å². The van der Waals surface area contributed by atoms with Crippen LogP contribution in [0, 0.1) is 11.2 Å². The van der Waals surface area contributed by atoms with Crippen molar-refractivity contribution in [2.45, 2.75) is 46.3 Å². The van der Waals surface area contributed by atoms with Crippen molar-refractivity contribution in [1.29, 1.82) is 0 Å². The summed E-state index contributed by atoms with van der Waals surface area (Å²) in [5, 5.41) is 3.32. The van der Waals surface area contributed by atoms with Gasteiger partial charge >= 0.3 is 0 Å². The summed E-state index contributed by atoms with van der Waals surface area (Å²) in [7, 11) is 1.93. The number of hydrogen-bond donors (Lipinski definition) is 1. The molecule has 114 valence electrons. The van der Waals surface area contributed by atoms with Gasteiger partial charge in [-0.05, 0) is 53.4 Å². The Balaban J connectivity index is 2.97. The zero-order chi connectivity index (χ0) is 15.3. The quantitative estimate of drug-likeness (QED) is 0.835. The SMILES string of the molecule is CCOC(C(Cc1cccc(F)c1Br)NC)C(C)(C)C. The van der Waals surface area contributed by atoms with Crippen molar-refractivity contribution in [2.24, 2.45) is 5.41 Å². The zero-order valence-corrected chi connectivity index (χ0v) is 14.6. The van der Waals surface area contributed by atoms with Crippen LogP contribution in [0.5, 0.6) is 0 Å². The van der Waals surface area contributed by atoms with Gasteiger partial charge in [-0.2, -0.15) is 0 Å². The number of hydrogen-bond acceptors (Lipinski definition) is 2. The lowest BCUT2D eigenvalue weighted by Crippen LogP contribution is -2.48. The monoisotopic (exact) mass is 345 g/mol. The smallest absolute Gasteiger partial charge is 0.137 e. The molecule has 0 aliphatic carbocycles. The third kappa shape index (κ3) is 4.54. The molecule has 0 saturated carbocycles. The zero-order valence-electron chi connectivity index (χ0n) is 13.0. The molecule has 0 amide bonds. The van der Waals surface area contributed by atoms with Crippen LogP contribution in [-0.4, -0.2) is 25.8 Å². The van der Waals surface area contributed by atoms with Crippen molar-refractivity contribution in [3.8, 4) is 0 Å². The van der Waals surface area contributed by atoms with Crippen LogP contribution in [0.25, 0.3) is 0 Å². The van der Waals surface area contributed by atoms with Gasteiger partial charge in [0.15, 0.2) is 0 Å². The summed E-state index contributed by atoms with van der Waals surface area (Å²) in [5.74, 6) is -0.221. The molecule has 0 bridgehead atoms. The van der Waals surface area contributed by atoms with Crippen LogP contribution in [-0.2, 0) is 11.2 Å². The van der Waals surface area contributed by atoms with Crippen LogP contribution in [0.15, 0.2) is 22.7 Å². The topological polar surface area (TPSA) is 21.3 Å². The molecule has 0 radical (unpaired) electrons. The van der Waals surface area contributed by atoms with E-state index in [0.29, 0.717) is 11.1 Å². The summed E-state index contributed by atoms with van der Waals surface area (Å²) in [5.41, 5.74) is 0.974. The molecule has 0 aromatic heterocycles. The maximum atomic E-state index is 13.6. The molecule has 1 aromatic rings. The lowest BCUT2D eigenvalue weighted by atomic mass is 9.82. The highest BCUT2D eigenvalue weighted by Gasteiger charge is 2.32. The fourth-order valence-electron chi connectivity index (χ4n) is 2.45. The third-order valence-electron chi connectivity index (χ3n) is 3.41. The van der Waals surface area contributed by atoms with Crippen molar-refractivity contribution in [3.05, 3.63) is 34.1 Å². The van der Waals surface area contributed by atoms with E-state index in [-0.39, 0.29) is 23.4 Å². The Morgan fingerprint density at radius 1 is 1.35 bits per heavy atom. The van der Waals surface area contributed by atoms with Gasteiger partial charge in [-0.1, -0.05) is 32.9 Å². The highest BCUT2D eigenvalue weighted by atomic mass is 79.9. The van der Waals surface area contributed by atoms with Crippen LogP contribution in [0.3, 0.4) is 0 Å². The molecule has 4 heteroatoms. The van der Waals surface area contributed by atoms with Gasteiger partial charge in [-0.3, -0.25) is 0 Å². The predicted octanol–water partition coefficient (Wildman–Crippen LogP) is 4.17. The third-order valence-corrected chi connectivity index (χ3v) is 4.30. The first-order valence-corrected chi connectivity index (χ1v) is 7.82. The summed E-state index contributed by atoms with van der Waals surface area (Å²) < 4.78 is 20.1. The number of nitrogens with one attached hydrogen (secondary N) is 1. The summed E-state index contributed by atoms with van der Waals surface area (Å²) in [4.78, 5) is 0. The van der Waals surface area contributed by atoms with E-state index in [0.717, 1.165) is 12.0 Å². The maximum absolute atomic E-state index is 13.6. The Morgan fingerprint density at radius 2 is 2.00 bits per heavy atom. The van der Waals surface area contributed by atoms with E-state index in [1.54, 1.807) is 6.07 Å². The van der Waals surface area contributed by atoms with Gasteiger partial charge in [0.1, 0.15) is 5.82 Å². The Morgan fingerprint density at radius 3 is 2.50 bits per heavy atom. The second-order valence-corrected chi connectivity index (χ2v) is 6.85. The lowest BCUT2D eigenvalue weighted by molar-refractivity contribution is -0.0341. The fraction of sp³-hybridized carbons (Fsp3) is 0.625. The Bertz CT molecular complexity index is 431. The second-order valence-electron chi connectivity index (χ2n) is 6.05. The standard InChI is InChI=1S/C16H25BrFNO/c1-6-20-15(16(2,3)4)13(19-5)10-11-8-7-9-12(18)14(11)17/h7-9,13,15,19H,6,10H2,1-5H3. The summed E-state index contributed by atoms with van der Waals surface area (Å²) in [6.07, 6.45) is 0.782. The van der Waals surface area contributed by atoms with E-state index in [9.17, 15) is 4.39 Å². The second kappa shape index (κ2) is 7.53. The molecule has 1 rings (SSSR count). The van der Waals surface area contributed by atoms with Crippen LogP contribution < -0.4 is 5.32 Å². The number of benzene rings is 1. The molecule has 0 aliphatic rings. The number of rotatable bonds is 6. The van der Waals surface area contributed by atoms with Crippen molar-refractivity contribution in [2.75, 3.05) is 13.7 Å². The van der Waals surface area contributed by atoms with Gasteiger partial charge in [0, 0.05) is 12.6 Å². The highest BCUT2D eigenvalue weighted by molar-refractivity contribution is 9.10. The summed E-state index contributed by atoms with van der Waals surface area (Å²) in [6, 6.07) is 5.29. The molecule has 0 spiro atoms. The first-order chi connectivity index (χ1) is 9.31. The van der Waals surface area contributed by atoms with E-state index < -0.39 is 0 Å². The Labute approximate surface area is 130 Å². The summed E-state index contributed by atoms with van der Waals surface area (Å²) in [6.45, 7) is 9.17. The van der Waals surface area contributed by atoms with Gasteiger partial charge in [-0.15, -0.1) is 0 Å². The van der Waals surface area contributed by atoms with Crippen molar-refractivity contribution in [3.63, 3.8) is 0 Å². The fourth-order valence-corrected chi connectivity index (χ4v) is 2.88. The van der Waals surface area contributed by atoms with Gasteiger partial charge in [0.05, 0.1) is 10.6 Å². The summed E-state index contributed by atoms with van der Waals surface area (Å²) >= 11 is 3.33. The molecule has 2 atom stereocenters. The van der Waals surface area contributed by atoms with Crippen LogP contribution in [0.2, 0.25) is 0 Å². The van der Waals surface area contributed by atoms with Gasteiger partial charge in [-0.25, -0.2) is 4.39 Å². The van der Waals surface area contributed by atoms with E-state index in [2.05, 4.69) is 42.0 Å². The minimum atomic E-state index is -0.221.